The number of tetrazole rings is 1. The largest absolute Gasteiger partial charge is 0.354 e. The minimum Gasteiger partial charge on any atom is -0.354 e. The molecular formula is C19H27N5O. The van der Waals surface area contributed by atoms with Crippen LogP contribution in [0.5, 0.6) is 0 Å². The lowest BCUT2D eigenvalue weighted by molar-refractivity contribution is -0.124. The predicted octanol–water partition coefficient (Wildman–Crippen LogP) is 2.56. The number of amides is 1. The van der Waals surface area contributed by atoms with Gasteiger partial charge < -0.3 is 5.32 Å². The number of nitrogens with one attached hydrogen (secondary N) is 1. The van der Waals surface area contributed by atoms with Gasteiger partial charge in [0.2, 0.25) is 5.91 Å². The first-order valence-corrected chi connectivity index (χ1v) is 8.81. The van der Waals surface area contributed by atoms with Crippen LogP contribution in [0.4, 0.5) is 0 Å². The lowest BCUT2D eigenvalue weighted by Gasteiger charge is -2.18. The zero-order valence-electron chi connectivity index (χ0n) is 15.7. The van der Waals surface area contributed by atoms with Crippen LogP contribution in [-0.4, -0.2) is 32.7 Å². The van der Waals surface area contributed by atoms with E-state index in [9.17, 15) is 4.79 Å². The van der Waals surface area contributed by atoms with Gasteiger partial charge in [-0.2, -0.15) is 0 Å². The van der Waals surface area contributed by atoms with E-state index >= 15 is 0 Å². The van der Waals surface area contributed by atoms with Crippen LogP contribution in [0.25, 0.3) is 0 Å². The fourth-order valence-electron chi connectivity index (χ4n) is 3.82. The summed E-state index contributed by atoms with van der Waals surface area (Å²) in [5, 5.41) is 14.8. The molecule has 134 valence electrons. The number of carbonyl (C=O) groups excluding carboxylic acids is 1. The molecule has 1 aliphatic rings. The van der Waals surface area contributed by atoms with Gasteiger partial charge in [0, 0.05) is 13.0 Å². The molecular weight excluding hydrogens is 314 g/mol. The summed E-state index contributed by atoms with van der Waals surface area (Å²) in [6.07, 6.45) is 0.565. The van der Waals surface area contributed by atoms with Gasteiger partial charge in [0.05, 0.1) is 0 Å². The molecule has 0 bridgehead atoms. The van der Waals surface area contributed by atoms with Gasteiger partial charge in [0.15, 0.2) is 0 Å². The van der Waals surface area contributed by atoms with Crippen molar-refractivity contribution in [2.24, 2.45) is 16.7 Å². The second-order valence-electron chi connectivity index (χ2n) is 8.12. The first-order valence-electron chi connectivity index (χ1n) is 8.81. The predicted molar refractivity (Wildman–Crippen MR) is 95.8 cm³/mol. The van der Waals surface area contributed by atoms with Gasteiger partial charge in [-0.3, -0.25) is 4.79 Å². The molecule has 1 heterocycles. The Labute approximate surface area is 149 Å². The van der Waals surface area contributed by atoms with E-state index in [-0.39, 0.29) is 16.7 Å². The number of benzene rings is 1. The monoisotopic (exact) mass is 341 g/mol. The van der Waals surface area contributed by atoms with Crippen LogP contribution in [0.15, 0.2) is 30.3 Å². The van der Waals surface area contributed by atoms with Crippen molar-refractivity contribution in [3.05, 3.63) is 41.7 Å². The van der Waals surface area contributed by atoms with Crippen molar-refractivity contribution in [2.45, 2.75) is 47.1 Å². The highest BCUT2D eigenvalue weighted by molar-refractivity contribution is 5.80. The van der Waals surface area contributed by atoms with Gasteiger partial charge >= 0.3 is 0 Å². The van der Waals surface area contributed by atoms with E-state index in [1.807, 2.05) is 37.3 Å². The molecule has 1 unspecified atom stereocenters. The highest BCUT2D eigenvalue weighted by Gasteiger charge is 2.64. The van der Waals surface area contributed by atoms with E-state index < -0.39 is 6.04 Å². The molecule has 1 fully saturated rings. The maximum atomic E-state index is 12.9. The van der Waals surface area contributed by atoms with Gasteiger partial charge in [-0.25, -0.2) is 4.68 Å². The Kier molecular flexibility index (Phi) is 4.39. The van der Waals surface area contributed by atoms with Crippen LogP contribution in [0, 0.1) is 23.7 Å². The summed E-state index contributed by atoms with van der Waals surface area (Å²) in [4.78, 5) is 12.9. The third-order valence-corrected chi connectivity index (χ3v) is 6.33. The van der Waals surface area contributed by atoms with E-state index in [1.54, 1.807) is 4.68 Å². The molecule has 3 rings (SSSR count). The van der Waals surface area contributed by atoms with E-state index in [4.69, 9.17) is 0 Å². The summed E-state index contributed by atoms with van der Waals surface area (Å²) >= 11 is 0. The van der Waals surface area contributed by atoms with Crippen LogP contribution in [0.2, 0.25) is 0 Å². The Hall–Kier alpha value is -2.24. The maximum absolute atomic E-state index is 12.9. The molecule has 1 aromatic carbocycles. The molecule has 1 aromatic heterocycles. The fraction of sp³-hybridized carbons (Fsp3) is 0.579. The number of aromatic nitrogens is 4. The zero-order chi connectivity index (χ0) is 18.2. The summed E-state index contributed by atoms with van der Waals surface area (Å²) < 4.78 is 1.62. The molecule has 25 heavy (non-hydrogen) atoms. The van der Waals surface area contributed by atoms with Crippen LogP contribution in [0.3, 0.4) is 0 Å². The molecule has 1 atom stereocenters. The van der Waals surface area contributed by atoms with Crippen molar-refractivity contribution in [1.29, 1.82) is 0 Å². The van der Waals surface area contributed by atoms with Crippen molar-refractivity contribution in [3.63, 3.8) is 0 Å². The number of rotatable bonds is 6. The topological polar surface area (TPSA) is 72.7 Å². The molecule has 0 saturated heterocycles. The normalized spacial score (nSPS) is 19.4. The summed E-state index contributed by atoms with van der Waals surface area (Å²) in [6.45, 7) is 11.5. The lowest BCUT2D eigenvalue weighted by atomic mass is 10.0. The van der Waals surface area contributed by atoms with Crippen molar-refractivity contribution in [3.8, 4) is 0 Å². The van der Waals surface area contributed by atoms with Gasteiger partial charge in [0.1, 0.15) is 11.9 Å². The third kappa shape index (κ3) is 3.17. The summed E-state index contributed by atoms with van der Waals surface area (Å²) in [7, 11) is 0. The van der Waals surface area contributed by atoms with Crippen molar-refractivity contribution in [2.75, 3.05) is 6.54 Å². The Bertz CT molecular complexity index is 736. The maximum Gasteiger partial charge on any atom is 0.245 e. The molecule has 2 aromatic rings. The Balaban J connectivity index is 1.73. The van der Waals surface area contributed by atoms with Crippen LogP contribution in [0.1, 0.15) is 45.1 Å². The molecule has 6 nitrogen and oxygen atoms in total. The number of carbonyl (C=O) groups is 1. The second-order valence-corrected chi connectivity index (χ2v) is 8.12. The highest BCUT2D eigenvalue weighted by Crippen LogP contribution is 2.67. The van der Waals surface area contributed by atoms with E-state index in [0.717, 1.165) is 5.56 Å². The first-order chi connectivity index (χ1) is 11.7. The lowest BCUT2D eigenvalue weighted by Crippen LogP contribution is -2.36. The number of hydrogen-bond donors (Lipinski definition) is 1. The van der Waals surface area contributed by atoms with E-state index in [1.165, 1.54) is 0 Å². The zero-order valence-corrected chi connectivity index (χ0v) is 15.7. The SMILES string of the molecule is Cc1nnnn1C(Cc1ccccc1)C(=O)NCC1C(C)(C)C1(C)C. The van der Waals surface area contributed by atoms with Crippen LogP contribution >= 0.6 is 0 Å². The molecule has 0 radical (unpaired) electrons. The molecule has 0 spiro atoms. The number of nitrogens with zero attached hydrogens (tertiary/aromatic N) is 4. The van der Waals surface area contributed by atoms with E-state index in [2.05, 4.69) is 48.5 Å². The van der Waals surface area contributed by atoms with Crippen molar-refractivity contribution in [1.82, 2.24) is 25.5 Å². The van der Waals surface area contributed by atoms with Gasteiger partial charge in [-0.1, -0.05) is 58.0 Å². The van der Waals surface area contributed by atoms with Gasteiger partial charge in [-0.05, 0) is 39.7 Å². The molecule has 1 saturated carbocycles. The second kappa shape index (κ2) is 6.24. The Morgan fingerprint density at radius 3 is 2.36 bits per heavy atom. The summed E-state index contributed by atoms with van der Waals surface area (Å²) in [6, 6.07) is 9.53. The molecule has 0 aliphatic heterocycles. The standard InChI is InChI=1S/C19H27N5O/c1-13-21-22-23-24(13)15(11-14-9-7-6-8-10-14)17(25)20-12-16-18(2,3)19(16,4)5/h6-10,15-16H,11-12H2,1-5H3,(H,20,25). The minimum absolute atomic E-state index is 0.0299. The van der Waals surface area contributed by atoms with E-state index in [0.29, 0.717) is 24.7 Å². The van der Waals surface area contributed by atoms with Crippen molar-refractivity contribution >= 4 is 5.91 Å². The summed E-state index contributed by atoms with van der Waals surface area (Å²) in [5.41, 5.74) is 1.59. The summed E-state index contributed by atoms with van der Waals surface area (Å²) in [5.74, 6) is 1.09. The highest BCUT2D eigenvalue weighted by atomic mass is 16.2. The number of aryl methyl sites for hydroxylation is 1. The van der Waals surface area contributed by atoms with Gasteiger partial charge in [0.25, 0.3) is 0 Å². The molecule has 1 amide bonds. The Morgan fingerprint density at radius 2 is 1.84 bits per heavy atom. The van der Waals surface area contributed by atoms with Gasteiger partial charge in [-0.15, -0.1) is 5.10 Å². The Morgan fingerprint density at radius 1 is 1.20 bits per heavy atom. The average Bonchev–Trinajstić information content (AvgIpc) is 2.86. The van der Waals surface area contributed by atoms with Crippen molar-refractivity contribution < 1.29 is 4.79 Å². The molecule has 1 aliphatic carbocycles. The molecule has 1 N–H and O–H groups in total. The minimum atomic E-state index is -0.442. The smallest absolute Gasteiger partial charge is 0.245 e. The fourth-order valence-corrected chi connectivity index (χ4v) is 3.82. The van der Waals surface area contributed by atoms with Crippen LogP contribution in [-0.2, 0) is 11.2 Å². The van der Waals surface area contributed by atoms with Crippen LogP contribution < -0.4 is 5.32 Å². The average molecular weight is 341 g/mol. The third-order valence-electron chi connectivity index (χ3n) is 6.33. The quantitative estimate of drug-likeness (QED) is 0.876. The number of hydrogen-bond acceptors (Lipinski definition) is 4. The molecule has 6 heteroatoms. The first kappa shape index (κ1) is 17.6.